The SMILES string of the molecule is Nc1cc(F)c(NCCc2cc(F)cc(F)c2)c(F)c1. The van der Waals surface area contributed by atoms with Gasteiger partial charge in [-0.05, 0) is 36.2 Å². The predicted octanol–water partition coefficient (Wildman–Crippen LogP) is 3.48. The van der Waals surface area contributed by atoms with Gasteiger partial charge >= 0.3 is 0 Å². The molecule has 0 spiro atoms. The number of nitrogens with two attached hydrogens (primary N) is 1. The van der Waals surface area contributed by atoms with Crippen molar-refractivity contribution in [2.45, 2.75) is 6.42 Å². The largest absolute Gasteiger partial charge is 0.399 e. The van der Waals surface area contributed by atoms with Gasteiger partial charge in [-0.1, -0.05) is 0 Å². The van der Waals surface area contributed by atoms with Gasteiger partial charge in [0.05, 0.1) is 0 Å². The fraction of sp³-hybridized carbons (Fsp3) is 0.143. The van der Waals surface area contributed by atoms with Crippen molar-refractivity contribution < 1.29 is 17.6 Å². The van der Waals surface area contributed by atoms with E-state index in [0.717, 1.165) is 18.2 Å². The normalized spacial score (nSPS) is 10.6. The summed E-state index contributed by atoms with van der Waals surface area (Å²) in [6, 6.07) is 5.08. The third kappa shape index (κ3) is 3.40. The average molecular weight is 284 g/mol. The lowest BCUT2D eigenvalue weighted by molar-refractivity contribution is 0.578. The number of nitrogens with one attached hydrogen (secondary N) is 1. The van der Waals surface area contributed by atoms with Crippen LogP contribution < -0.4 is 11.1 Å². The summed E-state index contributed by atoms with van der Waals surface area (Å²) in [7, 11) is 0. The lowest BCUT2D eigenvalue weighted by Crippen LogP contribution is -2.09. The van der Waals surface area contributed by atoms with Gasteiger partial charge in [0, 0.05) is 18.3 Å². The maximum Gasteiger partial charge on any atom is 0.151 e. The molecule has 0 radical (unpaired) electrons. The highest BCUT2D eigenvalue weighted by Gasteiger charge is 2.09. The van der Waals surface area contributed by atoms with E-state index < -0.39 is 23.3 Å². The lowest BCUT2D eigenvalue weighted by Gasteiger charge is -2.09. The van der Waals surface area contributed by atoms with Crippen LogP contribution in [0.1, 0.15) is 5.56 Å². The number of hydrogen-bond acceptors (Lipinski definition) is 2. The monoisotopic (exact) mass is 284 g/mol. The van der Waals surface area contributed by atoms with E-state index >= 15 is 0 Å². The Morgan fingerprint density at radius 3 is 1.95 bits per heavy atom. The van der Waals surface area contributed by atoms with Crippen molar-refractivity contribution in [3.63, 3.8) is 0 Å². The van der Waals surface area contributed by atoms with Crippen LogP contribution in [0.3, 0.4) is 0 Å². The van der Waals surface area contributed by atoms with E-state index in [0.29, 0.717) is 5.56 Å². The van der Waals surface area contributed by atoms with E-state index in [4.69, 9.17) is 5.73 Å². The number of halogens is 4. The molecule has 3 N–H and O–H groups in total. The first-order chi connectivity index (χ1) is 9.45. The minimum Gasteiger partial charge on any atom is -0.399 e. The average Bonchev–Trinajstić information content (AvgIpc) is 2.31. The molecule has 6 heteroatoms. The first-order valence-corrected chi connectivity index (χ1v) is 5.89. The first-order valence-electron chi connectivity index (χ1n) is 5.89. The van der Waals surface area contributed by atoms with Gasteiger partial charge in [-0.3, -0.25) is 0 Å². The first kappa shape index (κ1) is 14.2. The molecule has 0 bridgehead atoms. The maximum absolute atomic E-state index is 13.5. The number of anilines is 2. The molecule has 0 aromatic heterocycles. The summed E-state index contributed by atoms with van der Waals surface area (Å²) in [6.07, 6.45) is 0.220. The molecule has 0 unspecified atom stereocenters. The van der Waals surface area contributed by atoms with Crippen LogP contribution >= 0.6 is 0 Å². The van der Waals surface area contributed by atoms with Gasteiger partial charge in [-0.15, -0.1) is 0 Å². The van der Waals surface area contributed by atoms with Crippen LogP contribution in [0.4, 0.5) is 28.9 Å². The zero-order chi connectivity index (χ0) is 14.7. The Hall–Kier alpha value is -2.24. The maximum atomic E-state index is 13.5. The van der Waals surface area contributed by atoms with Gasteiger partial charge in [0.1, 0.15) is 17.3 Å². The van der Waals surface area contributed by atoms with Crippen LogP contribution in [-0.4, -0.2) is 6.54 Å². The second-order valence-electron chi connectivity index (χ2n) is 4.31. The van der Waals surface area contributed by atoms with Gasteiger partial charge in [0.25, 0.3) is 0 Å². The lowest BCUT2D eigenvalue weighted by atomic mass is 10.1. The molecule has 0 atom stereocenters. The molecule has 0 saturated heterocycles. The van der Waals surface area contributed by atoms with Crippen LogP contribution in [0.15, 0.2) is 30.3 Å². The third-order valence-electron chi connectivity index (χ3n) is 2.70. The smallest absolute Gasteiger partial charge is 0.151 e. The van der Waals surface area contributed by atoms with E-state index in [-0.39, 0.29) is 24.3 Å². The van der Waals surface area contributed by atoms with Gasteiger partial charge < -0.3 is 11.1 Å². The number of hydrogen-bond donors (Lipinski definition) is 2. The zero-order valence-corrected chi connectivity index (χ0v) is 10.4. The quantitative estimate of drug-likeness (QED) is 0.666. The predicted molar refractivity (Wildman–Crippen MR) is 69.3 cm³/mol. The Bertz CT molecular complexity index is 585. The summed E-state index contributed by atoms with van der Waals surface area (Å²) in [5.41, 5.74) is 5.36. The molecule has 0 aliphatic heterocycles. The number of nitrogen functional groups attached to an aromatic ring is 1. The molecule has 0 saturated carbocycles. The Balaban J connectivity index is 2.03. The van der Waals surface area contributed by atoms with E-state index in [1.807, 2.05) is 0 Å². The van der Waals surface area contributed by atoms with E-state index in [1.54, 1.807) is 0 Å². The van der Waals surface area contributed by atoms with Gasteiger partial charge in [-0.25, -0.2) is 17.6 Å². The summed E-state index contributed by atoms with van der Waals surface area (Å²) in [5, 5.41) is 2.55. The van der Waals surface area contributed by atoms with Crippen molar-refractivity contribution in [2.75, 3.05) is 17.6 Å². The highest BCUT2D eigenvalue weighted by atomic mass is 19.1. The summed E-state index contributed by atoms with van der Waals surface area (Å²) in [6.45, 7) is 0.126. The Kier molecular flexibility index (Phi) is 4.12. The molecule has 0 amide bonds. The van der Waals surface area contributed by atoms with Crippen LogP contribution in [-0.2, 0) is 6.42 Å². The van der Waals surface area contributed by atoms with E-state index in [1.165, 1.54) is 12.1 Å². The molecule has 2 rings (SSSR count). The molecule has 0 fully saturated rings. The van der Waals surface area contributed by atoms with E-state index in [2.05, 4.69) is 5.32 Å². The highest BCUT2D eigenvalue weighted by molar-refractivity contribution is 5.54. The van der Waals surface area contributed by atoms with Gasteiger partial charge in [0.15, 0.2) is 11.6 Å². The Morgan fingerprint density at radius 2 is 1.40 bits per heavy atom. The van der Waals surface area contributed by atoms with Crippen molar-refractivity contribution in [2.24, 2.45) is 0 Å². The fourth-order valence-corrected chi connectivity index (χ4v) is 1.85. The van der Waals surface area contributed by atoms with Gasteiger partial charge in [-0.2, -0.15) is 0 Å². The minimum absolute atomic E-state index is 0.0160. The number of benzene rings is 2. The van der Waals surface area contributed by atoms with E-state index in [9.17, 15) is 17.6 Å². The van der Waals surface area contributed by atoms with Gasteiger partial charge in [0.2, 0.25) is 0 Å². The molecule has 2 aromatic carbocycles. The Morgan fingerprint density at radius 1 is 0.850 bits per heavy atom. The topological polar surface area (TPSA) is 38.0 Å². The second kappa shape index (κ2) is 5.81. The summed E-state index contributed by atoms with van der Waals surface area (Å²) in [5.74, 6) is -3.00. The molecular weight excluding hydrogens is 272 g/mol. The highest BCUT2D eigenvalue weighted by Crippen LogP contribution is 2.21. The van der Waals surface area contributed by atoms with Crippen LogP contribution in [0, 0.1) is 23.3 Å². The fourth-order valence-electron chi connectivity index (χ4n) is 1.85. The third-order valence-corrected chi connectivity index (χ3v) is 2.70. The molecule has 20 heavy (non-hydrogen) atoms. The molecular formula is C14H12F4N2. The van der Waals surface area contributed by atoms with Crippen molar-refractivity contribution in [1.82, 2.24) is 0 Å². The second-order valence-corrected chi connectivity index (χ2v) is 4.31. The van der Waals surface area contributed by atoms with Crippen LogP contribution in [0.25, 0.3) is 0 Å². The van der Waals surface area contributed by atoms with Crippen molar-refractivity contribution in [3.8, 4) is 0 Å². The molecule has 2 nitrogen and oxygen atoms in total. The molecule has 2 aromatic rings. The standard InChI is InChI=1S/C14H12F4N2/c15-9-3-8(4-10(16)5-9)1-2-20-14-12(17)6-11(19)7-13(14)18/h3-7,20H,1-2,19H2. The molecule has 106 valence electrons. The van der Waals surface area contributed by atoms with Crippen molar-refractivity contribution in [1.29, 1.82) is 0 Å². The molecule has 0 aliphatic carbocycles. The van der Waals surface area contributed by atoms with Crippen molar-refractivity contribution in [3.05, 3.63) is 59.2 Å². The minimum atomic E-state index is -0.812. The van der Waals surface area contributed by atoms with Crippen molar-refractivity contribution >= 4 is 11.4 Å². The summed E-state index contributed by atoms with van der Waals surface area (Å²) in [4.78, 5) is 0. The Labute approximate surface area is 113 Å². The van der Waals surface area contributed by atoms with Crippen LogP contribution in [0.5, 0.6) is 0 Å². The summed E-state index contributed by atoms with van der Waals surface area (Å²) >= 11 is 0. The van der Waals surface area contributed by atoms with Crippen LogP contribution in [0.2, 0.25) is 0 Å². The number of rotatable bonds is 4. The summed E-state index contributed by atoms with van der Waals surface area (Å²) < 4.78 is 52.8. The molecule has 0 aliphatic rings. The zero-order valence-electron chi connectivity index (χ0n) is 10.4. The molecule has 0 heterocycles.